The van der Waals surface area contributed by atoms with Gasteiger partial charge in [0, 0.05) is 17.7 Å². The van der Waals surface area contributed by atoms with Crippen LogP contribution in [0.25, 0.3) is 0 Å². The number of carbonyl (C=O) groups is 2. The Bertz CT molecular complexity index is 617. The second-order valence-corrected chi connectivity index (χ2v) is 6.16. The predicted molar refractivity (Wildman–Crippen MR) is 87.3 cm³/mol. The molecule has 1 aliphatic rings. The molecule has 1 aliphatic carbocycles. The van der Waals surface area contributed by atoms with E-state index in [9.17, 15) is 19.7 Å². The van der Waals surface area contributed by atoms with Gasteiger partial charge in [-0.05, 0) is 18.8 Å². The zero-order chi connectivity index (χ0) is 17.5. The minimum Gasteiger partial charge on any atom is -0.455 e. The van der Waals surface area contributed by atoms with E-state index in [-0.39, 0.29) is 36.2 Å². The van der Waals surface area contributed by atoms with Gasteiger partial charge in [0.15, 0.2) is 6.61 Å². The first-order valence-electron chi connectivity index (χ1n) is 8.14. The third-order valence-electron chi connectivity index (χ3n) is 4.35. The molecule has 2 atom stereocenters. The zero-order valence-corrected chi connectivity index (χ0v) is 13.7. The van der Waals surface area contributed by atoms with Crippen molar-refractivity contribution in [3.05, 3.63) is 39.9 Å². The van der Waals surface area contributed by atoms with Gasteiger partial charge in [-0.25, -0.2) is 0 Å². The summed E-state index contributed by atoms with van der Waals surface area (Å²) in [5.74, 6) is -0.564. The van der Waals surface area contributed by atoms with Crippen LogP contribution in [-0.2, 0) is 20.7 Å². The van der Waals surface area contributed by atoms with Gasteiger partial charge in [-0.2, -0.15) is 0 Å². The Morgan fingerprint density at radius 3 is 2.71 bits per heavy atom. The molecule has 0 unspecified atom stereocenters. The number of benzene rings is 1. The number of para-hydroxylation sites is 1. The van der Waals surface area contributed by atoms with E-state index < -0.39 is 10.9 Å². The van der Waals surface area contributed by atoms with E-state index in [0.29, 0.717) is 5.92 Å². The van der Waals surface area contributed by atoms with Gasteiger partial charge in [0.2, 0.25) is 0 Å². The van der Waals surface area contributed by atoms with E-state index in [2.05, 4.69) is 12.2 Å². The lowest BCUT2D eigenvalue weighted by Crippen LogP contribution is -2.43. The van der Waals surface area contributed by atoms with Gasteiger partial charge in [0.25, 0.3) is 11.6 Å². The van der Waals surface area contributed by atoms with Crippen LogP contribution >= 0.6 is 0 Å². The Hall–Kier alpha value is -2.44. The molecule has 1 fully saturated rings. The predicted octanol–water partition coefficient (Wildman–Crippen LogP) is 2.38. The Balaban J connectivity index is 1.81. The summed E-state index contributed by atoms with van der Waals surface area (Å²) in [5, 5.41) is 13.8. The normalized spacial score (nSPS) is 20.2. The summed E-state index contributed by atoms with van der Waals surface area (Å²) in [6.07, 6.45) is 4.06. The molecule has 24 heavy (non-hydrogen) atoms. The van der Waals surface area contributed by atoms with Gasteiger partial charge < -0.3 is 10.1 Å². The first kappa shape index (κ1) is 17.9. The van der Waals surface area contributed by atoms with Gasteiger partial charge in [0.05, 0.1) is 11.3 Å². The van der Waals surface area contributed by atoms with Crippen LogP contribution in [0.15, 0.2) is 24.3 Å². The van der Waals surface area contributed by atoms with Gasteiger partial charge in [-0.3, -0.25) is 19.7 Å². The average Bonchev–Trinajstić information content (AvgIpc) is 2.55. The third-order valence-corrected chi connectivity index (χ3v) is 4.35. The van der Waals surface area contributed by atoms with E-state index >= 15 is 0 Å². The molecule has 0 saturated heterocycles. The van der Waals surface area contributed by atoms with Crippen molar-refractivity contribution in [2.75, 3.05) is 6.61 Å². The molecule has 7 heteroatoms. The van der Waals surface area contributed by atoms with E-state index in [0.717, 1.165) is 19.3 Å². The van der Waals surface area contributed by atoms with Crippen LogP contribution in [0.1, 0.15) is 38.2 Å². The Morgan fingerprint density at radius 1 is 1.29 bits per heavy atom. The number of nitro benzene ring substituents is 1. The van der Waals surface area contributed by atoms with Crippen molar-refractivity contribution in [1.29, 1.82) is 0 Å². The minimum atomic E-state index is -0.656. The number of nitrogens with zero attached hydrogens (tertiary/aromatic N) is 1. The highest BCUT2D eigenvalue weighted by molar-refractivity contribution is 5.81. The van der Waals surface area contributed by atoms with Crippen molar-refractivity contribution in [2.45, 2.75) is 45.1 Å². The highest BCUT2D eigenvalue weighted by Gasteiger charge is 2.23. The summed E-state index contributed by atoms with van der Waals surface area (Å²) in [6, 6.07) is 6.11. The summed E-state index contributed by atoms with van der Waals surface area (Å²) in [7, 11) is 0. The lowest BCUT2D eigenvalue weighted by atomic mass is 9.86. The molecule has 0 radical (unpaired) electrons. The molecule has 1 saturated carbocycles. The van der Waals surface area contributed by atoms with Crippen LogP contribution in [0.3, 0.4) is 0 Å². The van der Waals surface area contributed by atoms with E-state index in [4.69, 9.17) is 4.74 Å². The van der Waals surface area contributed by atoms with Gasteiger partial charge >= 0.3 is 5.97 Å². The third kappa shape index (κ3) is 5.04. The molecule has 0 bridgehead atoms. The maximum absolute atomic E-state index is 11.9. The van der Waals surface area contributed by atoms with Crippen molar-refractivity contribution in [2.24, 2.45) is 5.92 Å². The van der Waals surface area contributed by atoms with Crippen molar-refractivity contribution >= 4 is 17.6 Å². The zero-order valence-electron chi connectivity index (χ0n) is 13.7. The molecule has 1 aromatic carbocycles. The Labute approximate surface area is 140 Å². The number of hydrogen-bond acceptors (Lipinski definition) is 5. The molecule has 1 aromatic rings. The largest absolute Gasteiger partial charge is 0.455 e. The van der Waals surface area contributed by atoms with Gasteiger partial charge in [-0.1, -0.05) is 38.0 Å². The summed E-state index contributed by atoms with van der Waals surface area (Å²) in [6.45, 7) is 1.74. The quantitative estimate of drug-likeness (QED) is 0.489. The molecule has 0 aliphatic heterocycles. The topological polar surface area (TPSA) is 98.5 Å². The molecule has 130 valence electrons. The van der Waals surface area contributed by atoms with Crippen LogP contribution in [0.2, 0.25) is 0 Å². The summed E-state index contributed by atoms with van der Waals surface area (Å²) in [4.78, 5) is 34.1. The first-order valence-corrected chi connectivity index (χ1v) is 8.14. The minimum absolute atomic E-state index is 0.125. The van der Waals surface area contributed by atoms with Crippen LogP contribution in [-0.4, -0.2) is 29.4 Å². The summed E-state index contributed by atoms with van der Waals surface area (Å²) >= 11 is 0. The monoisotopic (exact) mass is 334 g/mol. The first-order chi connectivity index (χ1) is 11.5. The number of nitro groups is 1. The Morgan fingerprint density at radius 2 is 2.00 bits per heavy atom. The lowest BCUT2D eigenvalue weighted by Gasteiger charge is -2.29. The van der Waals surface area contributed by atoms with Crippen molar-refractivity contribution in [1.82, 2.24) is 5.32 Å². The molecular weight excluding hydrogens is 312 g/mol. The highest BCUT2D eigenvalue weighted by Crippen LogP contribution is 2.23. The Kier molecular flexibility index (Phi) is 6.28. The molecule has 7 nitrogen and oxygen atoms in total. The summed E-state index contributed by atoms with van der Waals surface area (Å²) in [5.41, 5.74) is 0.142. The molecule has 0 spiro atoms. The van der Waals surface area contributed by atoms with Crippen molar-refractivity contribution < 1.29 is 19.2 Å². The van der Waals surface area contributed by atoms with Crippen LogP contribution < -0.4 is 5.32 Å². The fourth-order valence-corrected chi connectivity index (χ4v) is 2.97. The molecule has 1 amide bonds. The molecular formula is C17H22N2O5. The number of amides is 1. The standard InChI is InChI=1S/C17H22N2O5/c1-12-6-2-4-8-14(12)18-16(20)11-24-17(21)10-13-7-3-5-9-15(13)19(22)23/h3,5,7,9,12,14H,2,4,6,8,10-11H2,1H3,(H,18,20)/t12-,14-/m0/s1. The number of hydrogen-bond donors (Lipinski definition) is 1. The molecule has 0 aromatic heterocycles. The second-order valence-electron chi connectivity index (χ2n) is 6.16. The van der Waals surface area contributed by atoms with E-state index in [1.807, 2.05) is 0 Å². The van der Waals surface area contributed by atoms with Crippen LogP contribution in [0, 0.1) is 16.0 Å². The molecule has 2 rings (SSSR count). The van der Waals surface area contributed by atoms with Crippen LogP contribution in [0.4, 0.5) is 5.69 Å². The number of ether oxygens (including phenoxy) is 1. The van der Waals surface area contributed by atoms with Gasteiger partial charge in [-0.15, -0.1) is 0 Å². The van der Waals surface area contributed by atoms with Crippen molar-refractivity contribution in [3.63, 3.8) is 0 Å². The molecule has 1 N–H and O–H groups in total. The van der Waals surface area contributed by atoms with Crippen molar-refractivity contribution in [3.8, 4) is 0 Å². The fraction of sp³-hybridized carbons (Fsp3) is 0.529. The highest BCUT2D eigenvalue weighted by atomic mass is 16.6. The maximum Gasteiger partial charge on any atom is 0.311 e. The summed E-state index contributed by atoms with van der Waals surface area (Å²) < 4.78 is 4.95. The fourth-order valence-electron chi connectivity index (χ4n) is 2.97. The SMILES string of the molecule is C[C@H]1CCCC[C@@H]1NC(=O)COC(=O)Cc1ccccc1[N+](=O)[O-]. The van der Waals surface area contributed by atoms with Gasteiger partial charge in [0.1, 0.15) is 0 Å². The molecule has 0 heterocycles. The lowest BCUT2D eigenvalue weighted by molar-refractivity contribution is -0.385. The average molecular weight is 334 g/mol. The van der Waals surface area contributed by atoms with E-state index in [1.165, 1.54) is 24.6 Å². The smallest absolute Gasteiger partial charge is 0.311 e. The van der Waals surface area contributed by atoms with Crippen LogP contribution in [0.5, 0.6) is 0 Å². The maximum atomic E-state index is 11.9. The second kappa shape index (κ2) is 8.42. The number of esters is 1. The van der Waals surface area contributed by atoms with E-state index in [1.54, 1.807) is 6.07 Å². The number of nitrogens with one attached hydrogen (secondary N) is 1. The number of rotatable bonds is 6. The number of carbonyl (C=O) groups excluding carboxylic acids is 2.